The summed E-state index contributed by atoms with van der Waals surface area (Å²) in [5.41, 5.74) is 26.6. The van der Waals surface area contributed by atoms with E-state index in [1.807, 2.05) is 138 Å². The zero-order valence-corrected chi connectivity index (χ0v) is 66.5. The average molecular weight is 1270 g/mol. The van der Waals surface area contributed by atoms with E-state index in [4.69, 9.17) is 0 Å². The fourth-order valence-corrected chi connectivity index (χ4v) is 7.92. The first-order valence-corrected chi connectivity index (χ1v) is 36.1. The largest absolute Gasteiger partial charge is 0.0683 e. The molecule has 94 heavy (non-hydrogen) atoms. The minimum Gasteiger partial charge on any atom is -0.0683 e. The molecule has 0 atom stereocenters. The van der Waals surface area contributed by atoms with Gasteiger partial charge in [0.15, 0.2) is 0 Å². The lowest BCUT2D eigenvalue weighted by atomic mass is 10.0. The molecule has 516 valence electrons. The molecule has 0 N–H and O–H groups in total. The summed E-state index contributed by atoms with van der Waals surface area (Å²) in [6.45, 7) is 65.4. The molecule has 10 aromatic rings. The van der Waals surface area contributed by atoms with Crippen LogP contribution in [-0.2, 0) is 12.8 Å². The van der Waals surface area contributed by atoms with Crippen LogP contribution in [0.2, 0.25) is 0 Å². The van der Waals surface area contributed by atoms with Gasteiger partial charge < -0.3 is 0 Å². The van der Waals surface area contributed by atoms with Gasteiger partial charge in [0, 0.05) is 0 Å². The third-order valence-corrected chi connectivity index (χ3v) is 12.5. The minimum absolute atomic E-state index is 1.03. The number of benzene rings is 10. The van der Waals surface area contributed by atoms with E-state index in [9.17, 15) is 0 Å². The molecule has 10 rings (SSSR count). The highest BCUT2D eigenvalue weighted by molar-refractivity contribution is 5.65. The van der Waals surface area contributed by atoms with Gasteiger partial charge in [-0.25, -0.2) is 0 Å². The molecule has 10 aromatic carbocycles. The molecule has 0 saturated heterocycles. The molecule has 0 fully saturated rings. The first kappa shape index (κ1) is 97.3. The molecule has 0 heteroatoms. The topological polar surface area (TPSA) is 0 Å². The van der Waals surface area contributed by atoms with Crippen LogP contribution in [0.1, 0.15) is 227 Å². The minimum atomic E-state index is 1.03. The summed E-state index contributed by atoms with van der Waals surface area (Å²) in [5, 5.41) is 0. The molecule has 0 unspecified atom stereocenters. The molecule has 0 bridgehead atoms. The van der Waals surface area contributed by atoms with E-state index < -0.39 is 0 Å². The van der Waals surface area contributed by atoms with Gasteiger partial charge in [0.2, 0.25) is 0 Å². The summed E-state index contributed by atoms with van der Waals surface area (Å²) in [6, 6.07) is 86.4. The van der Waals surface area contributed by atoms with Crippen molar-refractivity contribution in [3.05, 3.63) is 332 Å². The molecular weight excluding hydrogens is 1130 g/mol. The maximum Gasteiger partial charge on any atom is -0.00257 e. The number of hydrogen-bond acceptors (Lipinski definition) is 0. The van der Waals surface area contributed by atoms with Gasteiger partial charge in [0.05, 0.1) is 0 Å². The summed E-state index contributed by atoms with van der Waals surface area (Å²) >= 11 is 0. The van der Waals surface area contributed by atoms with Gasteiger partial charge in [0.25, 0.3) is 0 Å². The molecule has 0 aliphatic heterocycles. The van der Waals surface area contributed by atoms with Gasteiger partial charge in [0.1, 0.15) is 0 Å². The Morgan fingerprint density at radius 1 is 0.138 bits per heavy atom. The van der Waals surface area contributed by atoms with Crippen LogP contribution in [0.3, 0.4) is 0 Å². The summed E-state index contributed by atoms with van der Waals surface area (Å²) in [4.78, 5) is 0. The average Bonchev–Trinajstić information content (AvgIpc) is 1.16. The van der Waals surface area contributed by atoms with Gasteiger partial charge in [-0.15, -0.1) is 0 Å². The second kappa shape index (κ2) is 68.1. The Morgan fingerprint density at radius 2 is 0.319 bits per heavy atom. The third-order valence-electron chi connectivity index (χ3n) is 12.5. The number of rotatable bonds is 6. The lowest BCUT2D eigenvalue weighted by molar-refractivity contribution is 1.18. The van der Waals surface area contributed by atoms with Gasteiger partial charge in [-0.05, 0) is 140 Å². The summed E-state index contributed by atoms with van der Waals surface area (Å²) in [7, 11) is 0. The van der Waals surface area contributed by atoms with Crippen molar-refractivity contribution in [3.63, 3.8) is 0 Å². The first-order chi connectivity index (χ1) is 45.6. The highest BCUT2D eigenvalue weighted by Crippen LogP contribution is 2.22. The highest BCUT2D eigenvalue weighted by Gasteiger charge is 2.00. The monoisotopic (exact) mass is 1270 g/mol. The van der Waals surface area contributed by atoms with E-state index >= 15 is 0 Å². The van der Waals surface area contributed by atoms with Crippen LogP contribution in [0.15, 0.2) is 243 Å². The fourth-order valence-electron chi connectivity index (χ4n) is 7.92. The van der Waals surface area contributed by atoms with Crippen molar-refractivity contribution in [3.8, 4) is 22.3 Å². The Balaban J connectivity index is -0.000000236. The van der Waals surface area contributed by atoms with Crippen LogP contribution < -0.4 is 0 Å². The maximum atomic E-state index is 2.25. The smallest absolute Gasteiger partial charge is 0.00257 e. The summed E-state index contributed by atoms with van der Waals surface area (Å²) < 4.78 is 0. The predicted molar refractivity (Wildman–Crippen MR) is 438 cm³/mol. The second-order valence-corrected chi connectivity index (χ2v) is 20.1. The molecule has 0 nitrogen and oxygen atoms in total. The molecular formula is C94H140. The van der Waals surface area contributed by atoms with Gasteiger partial charge in [-0.2, -0.15) is 0 Å². The van der Waals surface area contributed by atoms with E-state index in [1.54, 1.807) is 0 Å². The van der Waals surface area contributed by atoms with Crippen LogP contribution in [-0.4, -0.2) is 0 Å². The standard InChI is InChI=1S/2C15H16.2C14H14.2C8H10.10C2H6/c1-12-3-7-14(8-4-12)11-15-9-5-13(2)6-10-15;1-12-6-8-14(9-7-12)11-15-5-3-4-13(2)10-15;1-11-3-7-13(8-4-11)14-9-5-12(2)6-10-14;1-11-6-8-13(9-7-11)14-5-3-4-12(2)10-14;1-7-3-5-8(2)6-4-7;1-7-4-3-5-8(2)6-7;10*1-2/h2*3-10H,11H2,1-2H3;2*3-10H,1-2H3;2*3-6H,1-2H3;10*1-2H3. The second-order valence-electron chi connectivity index (χ2n) is 20.1. The van der Waals surface area contributed by atoms with Crippen molar-refractivity contribution < 1.29 is 0 Å². The molecule has 0 aliphatic rings. The quantitative estimate of drug-likeness (QED) is 0.156. The SMILES string of the molecule is CC.CC.CC.CC.CC.CC.CC.CC.CC.CC.Cc1ccc(-c2ccc(C)cc2)cc1.Cc1ccc(-c2cccc(C)c2)cc1.Cc1ccc(C)cc1.Cc1ccc(Cc2ccc(C)cc2)cc1.Cc1ccc(Cc2cccc(C)c2)cc1.Cc1cccc(C)c1. The van der Waals surface area contributed by atoms with E-state index in [1.165, 1.54) is 111 Å². The molecule has 0 spiro atoms. The van der Waals surface area contributed by atoms with Gasteiger partial charge >= 0.3 is 0 Å². The fraction of sp³-hybridized carbons (Fsp3) is 0.362. The zero-order chi connectivity index (χ0) is 73.2. The van der Waals surface area contributed by atoms with Crippen molar-refractivity contribution in [1.82, 2.24) is 0 Å². The van der Waals surface area contributed by atoms with Crippen molar-refractivity contribution in [1.29, 1.82) is 0 Å². The van der Waals surface area contributed by atoms with E-state index in [-0.39, 0.29) is 0 Å². The lowest BCUT2D eigenvalue weighted by Crippen LogP contribution is -1.88. The van der Waals surface area contributed by atoms with Crippen LogP contribution in [0.5, 0.6) is 0 Å². The zero-order valence-electron chi connectivity index (χ0n) is 66.5. The van der Waals surface area contributed by atoms with E-state index in [0.717, 1.165) is 12.8 Å². The number of hydrogen-bond donors (Lipinski definition) is 0. The van der Waals surface area contributed by atoms with Crippen molar-refractivity contribution in [2.75, 3.05) is 0 Å². The van der Waals surface area contributed by atoms with E-state index in [2.05, 4.69) is 326 Å². The molecule has 0 heterocycles. The predicted octanol–water partition coefficient (Wildman–Crippen LogP) is 30.6. The van der Waals surface area contributed by atoms with E-state index in [0.29, 0.717) is 0 Å². The van der Waals surface area contributed by atoms with Crippen LogP contribution in [0, 0.1) is 83.1 Å². The Labute approximate surface area is 584 Å². The highest BCUT2D eigenvalue weighted by atomic mass is 14.0. The van der Waals surface area contributed by atoms with Crippen LogP contribution >= 0.6 is 0 Å². The van der Waals surface area contributed by atoms with Crippen LogP contribution in [0.25, 0.3) is 22.3 Å². The Hall–Kier alpha value is -7.80. The summed E-state index contributed by atoms with van der Waals surface area (Å²) in [6.07, 6.45) is 2.06. The van der Waals surface area contributed by atoms with Crippen LogP contribution in [0.4, 0.5) is 0 Å². The normalized spacial score (nSPS) is 8.51. The van der Waals surface area contributed by atoms with Crippen molar-refractivity contribution in [2.45, 2.75) is 234 Å². The molecule has 0 aliphatic carbocycles. The maximum absolute atomic E-state index is 2.25. The Kier molecular flexibility index (Phi) is 70.4. The molecule has 0 aromatic heterocycles. The number of aryl methyl sites for hydroxylation is 12. The Bertz CT molecular complexity index is 3010. The van der Waals surface area contributed by atoms with Crippen molar-refractivity contribution >= 4 is 0 Å². The summed E-state index contributed by atoms with van der Waals surface area (Å²) in [5.74, 6) is 0. The molecule has 0 amide bonds. The lowest BCUT2D eigenvalue weighted by Gasteiger charge is -2.03. The van der Waals surface area contributed by atoms with Gasteiger partial charge in [-0.1, -0.05) is 448 Å². The first-order valence-electron chi connectivity index (χ1n) is 36.1. The molecule has 0 saturated carbocycles. The Morgan fingerprint density at radius 3 is 0.543 bits per heavy atom. The third kappa shape index (κ3) is 49.8. The molecule has 0 radical (unpaired) electrons. The van der Waals surface area contributed by atoms with Gasteiger partial charge in [-0.3, -0.25) is 0 Å². The van der Waals surface area contributed by atoms with Crippen molar-refractivity contribution in [2.24, 2.45) is 0 Å².